The molecule has 0 fully saturated rings. The number of allylic oxidation sites excluding steroid dienone is 2. The number of ether oxygens (including phenoxy) is 1. The summed E-state index contributed by atoms with van der Waals surface area (Å²) in [7, 11) is 4.83. The van der Waals surface area contributed by atoms with Crippen LogP contribution in [-0.4, -0.2) is 54.0 Å². The second kappa shape index (κ2) is 10.5. The van der Waals surface area contributed by atoms with Crippen LogP contribution >= 0.6 is 0 Å². The molecule has 0 aromatic heterocycles. The fraction of sp³-hybridized carbons (Fsp3) is 0.240. The van der Waals surface area contributed by atoms with E-state index in [0.717, 1.165) is 16.9 Å². The first-order chi connectivity index (χ1) is 15.9. The summed E-state index contributed by atoms with van der Waals surface area (Å²) in [4.78, 5) is 21.2. The predicted molar refractivity (Wildman–Crippen MR) is 124 cm³/mol. The number of benzene rings is 2. The number of aliphatic hydroxyl groups is 1. The van der Waals surface area contributed by atoms with E-state index in [2.05, 4.69) is 11.2 Å². The lowest BCUT2D eigenvalue weighted by atomic mass is 9.97. The number of methoxy groups -OCH3 is 1. The number of carbonyl (C=O) groups excluding carboxylic acids is 1. The highest BCUT2D eigenvalue weighted by Gasteiger charge is 2.41. The van der Waals surface area contributed by atoms with Gasteiger partial charge in [-0.15, -0.1) is 0 Å². The molecule has 2 aromatic carbocycles. The van der Waals surface area contributed by atoms with Crippen molar-refractivity contribution in [3.05, 3.63) is 89.1 Å². The molecule has 0 bridgehead atoms. The van der Waals surface area contributed by atoms with Gasteiger partial charge in [-0.1, -0.05) is 29.4 Å². The average molecular weight is 447 g/mol. The molecule has 0 aliphatic carbocycles. The van der Waals surface area contributed by atoms with E-state index in [1.54, 1.807) is 68.7 Å². The van der Waals surface area contributed by atoms with Crippen molar-refractivity contribution in [1.29, 1.82) is 5.26 Å². The number of amides is 1. The van der Waals surface area contributed by atoms with Gasteiger partial charge in [0.15, 0.2) is 0 Å². The van der Waals surface area contributed by atoms with Gasteiger partial charge in [0.05, 0.1) is 24.3 Å². The molecular weight excluding hydrogens is 420 g/mol. The van der Waals surface area contributed by atoms with Crippen LogP contribution in [0.3, 0.4) is 0 Å². The summed E-state index contributed by atoms with van der Waals surface area (Å²) in [5.41, 5.74) is 0.575. The Morgan fingerprint density at radius 1 is 1.18 bits per heavy atom. The van der Waals surface area contributed by atoms with E-state index in [9.17, 15) is 9.90 Å². The van der Waals surface area contributed by atoms with Crippen LogP contribution in [-0.2, 0) is 22.8 Å². The lowest BCUT2D eigenvalue weighted by molar-refractivity contribution is -0.128. The average Bonchev–Trinajstić information content (AvgIpc) is 2.83. The second-order valence-electron chi connectivity index (χ2n) is 7.64. The Morgan fingerprint density at radius 3 is 2.45 bits per heavy atom. The zero-order chi connectivity index (χ0) is 23.8. The van der Waals surface area contributed by atoms with Crippen molar-refractivity contribution >= 4 is 12.1 Å². The standard InChI is InChI=1S/C25H26N4O4/c1-28(2)24(30)23-5-4-14-29(16-20-8-6-19(15-26)7-9-20)25(23,31)18-27-33-17-21-10-12-22(32-3)13-11-21/h4-14,18,31H,16-17H2,1-3H3. The number of hydrogen-bond acceptors (Lipinski definition) is 7. The Kier molecular flexibility index (Phi) is 7.49. The highest BCUT2D eigenvalue weighted by molar-refractivity contribution is 6.00. The van der Waals surface area contributed by atoms with Crippen LogP contribution in [0.1, 0.15) is 16.7 Å². The van der Waals surface area contributed by atoms with Gasteiger partial charge in [0.2, 0.25) is 5.72 Å². The number of likely N-dealkylation sites (N-methyl/N-ethyl adjacent to an activating group) is 1. The number of carbonyl (C=O) groups is 1. The van der Waals surface area contributed by atoms with Crippen LogP contribution in [0.25, 0.3) is 0 Å². The van der Waals surface area contributed by atoms with Crippen LogP contribution in [0.5, 0.6) is 5.75 Å². The Hall–Kier alpha value is -4.09. The lowest BCUT2D eigenvalue weighted by Crippen LogP contribution is -2.53. The Balaban J connectivity index is 1.81. The normalized spacial score (nSPS) is 17.4. The summed E-state index contributed by atoms with van der Waals surface area (Å²) in [6.07, 6.45) is 6.16. The van der Waals surface area contributed by atoms with E-state index in [0.29, 0.717) is 5.56 Å². The molecule has 1 amide bonds. The molecule has 3 rings (SSSR count). The molecule has 1 aliphatic heterocycles. The molecule has 0 radical (unpaired) electrons. The first-order valence-corrected chi connectivity index (χ1v) is 10.3. The Bertz CT molecular complexity index is 1100. The second-order valence-corrected chi connectivity index (χ2v) is 7.64. The monoisotopic (exact) mass is 446 g/mol. The first-order valence-electron chi connectivity index (χ1n) is 10.3. The fourth-order valence-corrected chi connectivity index (χ4v) is 3.25. The summed E-state index contributed by atoms with van der Waals surface area (Å²) < 4.78 is 5.14. The Morgan fingerprint density at radius 2 is 1.85 bits per heavy atom. The minimum Gasteiger partial charge on any atom is -0.497 e. The highest BCUT2D eigenvalue weighted by Crippen LogP contribution is 2.28. The van der Waals surface area contributed by atoms with Crippen molar-refractivity contribution in [3.8, 4) is 11.8 Å². The van der Waals surface area contributed by atoms with Crippen molar-refractivity contribution in [2.45, 2.75) is 18.9 Å². The van der Waals surface area contributed by atoms with Crippen LogP contribution in [0.15, 0.2) is 77.6 Å². The summed E-state index contributed by atoms with van der Waals surface area (Å²) >= 11 is 0. The summed E-state index contributed by atoms with van der Waals surface area (Å²) in [6, 6.07) is 16.4. The van der Waals surface area contributed by atoms with Crippen LogP contribution in [0.4, 0.5) is 0 Å². The van der Waals surface area contributed by atoms with Gasteiger partial charge in [-0.25, -0.2) is 0 Å². The molecule has 1 atom stereocenters. The topological polar surface area (TPSA) is 98.4 Å². The quantitative estimate of drug-likeness (QED) is 0.495. The summed E-state index contributed by atoms with van der Waals surface area (Å²) in [5.74, 6) is 0.384. The molecule has 0 saturated carbocycles. The van der Waals surface area contributed by atoms with Gasteiger partial charge in [0, 0.05) is 26.8 Å². The maximum absolute atomic E-state index is 12.8. The zero-order valence-electron chi connectivity index (χ0n) is 18.8. The van der Waals surface area contributed by atoms with Gasteiger partial charge in [0.1, 0.15) is 18.6 Å². The van der Waals surface area contributed by atoms with E-state index >= 15 is 0 Å². The van der Waals surface area contributed by atoms with Crippen molar-refractivity contribution in [1.82, 2.24) is 9.80 Å². The largest absolute Gasteiger partial charge is 0.497 e. The molecule has 0 spiro atoms. The van der Waals surface area contributed by atoms with Gasteiger partial charge in [-0.3, -0.25) is 4.79 Å². The maximum Gasteiger partial charge on any atom is 0.254 e. The van der Waals surface area contributed by atoms with E-state index in [-0.39, 0.29) is 24.6 Å². The first kappa shape index (κ1) is 23.6. The molecule has 1 unspecified atom stereocenters. The number of rotatable bonds is 8. The number of nitrogens with zero attached hydrogens (tertiary/aromatic N) is 4. The molecule has 33 heavy (non-hydrogen) atoms. The smallest absolute Gasteiger partial charge is 0.254 e. The summed E-state index contributed by atoms with van der Waals surface area (Å²) in [5, 5.41) is 24.6. The van der Waals surface area contributed by atoms with Crippen molar-refractivity contribution in [2.75, 3.05) is 21.2 Å². The molecule has 8 heteroatoms. The molecular formula is C25H26N4O4. The van der Waals surface area contributed by atoms with Crippen LogP contribution in [0, 0.1) is 11.3 Å². The molecule has 2 aromatic rings. The number of hydrogen-bond donors (Lipinski definition) is 1. The molecule has 0 saturated heterocycles. The van der Waals surface area contributed by atoms with Gasteiger partial charge in [-0.05, 0) is 47.5 Å². The van der Waals surface area contributed by atoms with Crippen molar-refractivity contribution in [3.63, 3.8) is 0 Å². The van der Waals surface area contributed by atoms with Crippen molar-refractivity contribution in [2.24, 2.45) is 5.16 Å². The molecule has 170 valence electrons. The Labute approximate surface area is 193 Å². The minimum absolute atomic E-state index is 0.139. The molecule has 8 nitrogen and oxygen atoms in total. The highest BCUT2D eigenvalue weighted by atomic mass is 16.6. The third-order valence-electron chi connectivity index (χ3n) is 5.13. The predicted octanol–water partition coefficient (Wildman–Crippen LogP) is 2.80. The minimum atomic E-state index is -1.83. The van der Waals surface area contributed by atoms with Gasteiger partial charge in [-0.2, -0.15) is 5.26 Å². The fourth-order valence-electron chi connectivity index (χ4n) is 3.25. The third-order valence-corrected chi connectivity index (χ3v) is 5.13. The van der Waals surface area contributed by atoms with Crippen molar-refractivity contribution < 1.29 is 19.5 Å². The van der Waals surface area contributed by atoms with Crippen LogP contribution < -0.4 is 4.74 Å². The van der Waals surface area contributed by atoms with Gasteiger partial charge < -0.3 is 24.5 Å². The SMILES string of the molecule is COc1ccc(CON=CC2(O)C(C(=O)N(C)C)=CC=CN2Cc2ccc(C#N)cc2)cc1. The maximum atomic E-state index is 12.8. The van der Waals surface area contributed by atoms with E-state index in [4.69, 9.17) is 14.8 Å². The van der Waals surface area contributed by atoms with Gasteiger partial charge in [0.25, 0.3) is 5.91 Å². The van der Waals surface area contributed by atoms with E-state index < -0.39 is 5.72 Å². The molecule has 1 heterocycles. The number of oxime groups is 1. The van der Waals surface area contributed by atoms with Crippen LogP contribution in [0.2, 0.25) is 0 Å². The molecule has 1 aliphatic rings. The van der Waals surface area contributed by atoms with E-state index in [1.165, 1.54) is 11.1 Å². The molecule has 1 N–H and O–H groups in total. The number of nitriles is 1. The lowest BCUT2D eigenvalue weighted by Gasteiger charge is -2.39. The third kappa shape index (κ3) is 5.59. The van der Waals surface area contributed by atoms with E-state index in [1.807, 2.05) is 24.3 Å². The van der Waals surface area contributed by atoms with Gasteiger partial charge >= 0.3 is 0 Å². The summed E-state index contributed by atoms with van der Waals surface area (Å²) in [6.45, 7) is 0.462. The zero-order valence-corrected chi connectivity index (χ0v) is 18.8.